The predicted octanol–water partition coefficient (Wildman–Crippen LogP) is 3.64. The number of hydrogen-bond acceptors (Lipinski definition) is 8. The van der Waals surface area contributed by atoms with Gasteiger partial charge in [-0.2, -0.15) is 5.10 Å². The van der Waals surface area contributed by atoms with Crippen LogP contribution in [0.5, 0.6) is 5.75 Å². The Kier molecular flexibility index (Phi) is 6.09. The molecule has 1 amide bonds. The summed E-state index contributed by atoms with van der Waals surface area (Å²) in [6, 6.07) is 15.2. The zero-order valence-corrected chi connectivity index (χ0v) is 19.4. The summed E-state index contributed by atoms with van der Waals surface area (Å²) in [6.07, 6.45) is 2.56. The van der Waals surface area contributed by atoms with Crippen molar-refractivity contribution < 1.29 is 14.3 Å². The number of amides is 1. The molecule has 2 aromatic heterocycles. The number of benzene rings is 2. The van der Waals surface area contributed by atoms with Gasteiger partial charge in [-0.3, -0.25) is 0 Å². The Hall–Kier alpha value is -4.34. The van der Waals surface area contributed by atoms with Crippen molar-refractivity contribution in [2.75, 3.05) is 31.7 Å². The molecule has 1 aliphatic heterocycles. The molecule has 4 N–H and O–H groups in total. The Bertz CT molecular complexity index is 1350. The molecule has 0 atom stereocenters. The van der Waals surface area contributed by atoms with Crippen LogP contribution in [0.1, 0.15) is 24.4 Å². The minimum Gasteiger partial charge on any atom is -0.495 e. The molecule has 0 spiro atoms. The van der Waals surface area contributed by atoms with Gasteiger partial charge in [-0.25, -0.2) is 19.4 Å². The number of anilines is 2. The van der Waals surface area contributed by atoms with E-state index in [-0.39, 0.29) is 18.7 Å². The Morgan fingerprint density at radius 3 is 2.60 bits per heavy atom. The van der Waals surface area contributed by atoms with Crippen molar-refractivity contribution in [1.82, 2.24) is 24.6 Å². The van der Waals surface area contributed by atoms with Gasteiger partial charge in [-0.15, -0.1) is 0 Å². The van der Waals surface area contributed by atoms with Gasteiger partial charge in [0.1, 0.15) is 30.2 Å². The van der Waals surface area contributed by atoms with E-state index in [9.17, 15) is 4.79 Å². The second-order valence-corrected chi connectivity index (χ2v) is 8.47. The number of nitrogen functional groups attached to an aromatic ring is 2. The first-order chi connectivity index (χ1) is 17.0. The molecule has 1 aliphatic rings. The van der Waals surface area contributed by atoms with Crippen LogP contribution in [0.2, 0.25) is 0 Å². The number of rotatable bonds is 5. The number of nitrogens with two attached hydrogens (primary N) is 2. The first-order valence-corrected chi connectivity index (χ1v) is 11.4. The maximum absolute atomic E-state index is 12.6. The van der Waals surface area contributed by atoms with Crippen LogP contribution in [0.15, 0.2) is 54.9 Å². The molecule has 1 saturated heterocycles. The van der Waals surface area contributed by atoms with E-state index >= 15 is 0 Å². The molecule has 35 heavy (non-hydrogen) atoms. The normalized spacial score (nSPS) is 14.3. The minimum absolute atomic E-state index is 0.0504. The number of carbonyl (C=O) groups excluding carboxylic acids is 1. The molecule has 0 aliphatic carbocycles. The van der Waals surface area contributed by atoms with Crippen LogP contribution in [-0.4, -0.2) is 50.9 Å². The monoisotopic (exact) mass is 473 g/mol. The number of fused-ring (bicyclic) bond motifs is 1. The van der Waals surface area contributed by atoms with E-state index in [0.717, 1.165) is 11.1 Å². The lowest BCUT2D eigenvalue weighted by Gasteiger charge is -2.31. The topological polar surface area (TPSA) is 134 Å². The van der Waals surface area contributed by atoms with Crippen LogP contribution in [0.4, 0.5) is 16.3 Å². The van der Waals surface area contributed by atoms with Gasteiger partial charge in [0.2, 0.25) is 0 Å². The van der Waals surface area contributed by atoms with E-state index in [0.29, 0.717) is 59.9 Å². The summed E-state index contributed by atoms with van der Waals surface area (Å²) in [4.78, 5) is 23.0. The number of nitrogens with zero attached hydrogens (tertiary/aromatic N) is 5. The molecule has 2 aromatic carbocycles. The summed E-state index contributed by atoms with van der Waals surface area (Å²) < 4.78 is 12.8. The summed E-state index contributed by atoms with van der Waals surface area (Å²) in [7, 11) is 1.57. The highest BCUT2D eigenvalue weighted by molar-refractivity contribution is 5.98. The SMILES string of the molecule is COc1cc(-c2nn(C3CCN(C(=O)OCc4ccccc4)CC3)c3ncnc(N)c23)ccc1N. The van der Waals surface area contributed by atoms with Crippen LogP contribution in [0.3, 0.4) is 0 Å². The van der Waals surface area contributed by atoms with Crippen molar-refractivity contribution in [2.24, 2.45) is 0 Å². The second kappa shape index (κ2) is 9.49. The Labute approximate surface area is 202 Å². The number of hydrogen-bond donors (Lipinski definition) is 2. The molecule has 10 nitrogen and oxygen atoms in total. The first-order valence-electron chi connectivity index (χ1n) is 11.4. The van der Waals surface area contributed by atoms with Gasteiger partial charge in [-0.1, -0.05) is 36.4 Å². The number of likely N-dealkylation sites (tertiary alicyclic amines) is 1. The van der Waals surface area contributed by atoms with Crippen molar-refractivity contribution in [1.29, 1.82) is 0 Å². The average molecular weight is 474 g/mol. The summed E-state index contributed by atoms with van der Waals surface area (Å²) in [5.41, 5.74) is 15.9. The number of methoxy groups -OCH3 is 1. The van der Waals surface area contributed by atoms with Gasteiger partial charge >= 0.3 is 6.09 Å². The number of piperidine rings is 1. The van der Waals surface area contributed by atoms with E-state index in [1.165, 1.54) is 6.33 Å². The van der Waals surface area contributed by atoms with Gasteiger partial charge in [0.15, 0.2) is 5.65 Å². The number of carbonyl (C=O) groups is 1. The lowest BCUT2D eigenvalue weighted by Crippen LogP contribution is -2.39. The zero-order chi connectivity index (χ0) is 24.4. The second-order valence-electron chi connectivity index (χ2n) is 8.47. The Morgan fingerprint density at radius 1 is 1.09 bits per heavy atom. The maximum Gasteiger partial charge on any atom is 0.410 e. The van der Waals surface area contributed by atoms with Crippen LogP contribution in [-0.2, 0) is 11.3 Å². The molecular formula is C25H27N7O3. The minimum atomic E-state index is -0.307. The van der Waals surface area contributed by atoms with Crippen LogP contribution in [0, 0.1) is 0 Å². The van der Waals surface area contributed by atoms with E-state index in [4.69, 9.17) is 26.0 Å². The molecule has 0 unspecified atom stereocenters. The van der Waals surface area contributed by atoms with Gasteiger partial charge in [0.05, 0.1) is 24.2 Å². The summed E-state index contributed by atoms with van der Waals surface area (Å²) in [5, 5.41) is 5.58. The molecule has 1 fully saturated rings. The third-order valence-corrected chi connectivity index (χ3v) is 6.30. The van der Waals surface area contributed by atoms with Crippen molar-refractivity contribution in [3.63, 3.8) is 0 Å². The molecule has 4 aromatic rings. The molecule has 0 bridgehead atoms. The molecular weight excluding hydrogens is 446 g/mol. The van der Waals surface area contributed by atoms with Crippen LogP contribution >= 0.6 is 0 Å². The lowest BCUT2D eigenvalue weighted by molar-refractivity contribution is 0.0825. The Balaban J connectivity index is 1.36. The van der Waals surface area contributed by atoms with Crippen LogP contribution < -0.4 is 16.2 Å². The van der Waals surface area contributed by atoms with E-state index in [2.05, 4.69) is 9.97 Å². The number of aromatic nitrogens is 4. The van der Waals surface area contributed by atoms with Crippen molar-refractivity contribution >= 4 is 28.6 Å². The van der Waals surface area contributed by atoms with E-state index in [1.807, 2.05) is 47.1 Å². The first kappa shape index (κ1) is 22.5. The highest BCUT2D eigenvalue weighted by atomic mass is 16.6. The van der Waals surface area contributed by atoms with Gasteiger partial charge in [0, 0.05) is 18.7 Å². The van der Waals surface area contributed by atoms with Crippen molar-refractivity contribution in [3.05, 3.63) is 60.4 Å². The summed E-state index contributed by atoms with van der Waals surface area (Å²) in [5.74, 6) is 0.914. The molecule has 5 rings (SSSR count). The fourth-order valence-corrected chi connectivity index (χ4v) is 4.41. The van der Waals surface area contributed by atoms with Crippen molar-refractivity contribution in [2.45, 2.75) is 25.5 Å². The fourth-order valence-electron chi connectivity index (χ4n) is 4.41. The largest absolute Gasteiger partial charge is 0.495 e. The van der Waals surface area contributed by atoms with Crippen molar-refractivity contribution in [3.8, 4) is 17.0 Å². The molecule has 0 radical (unpaired) electrons. The predicted molar refractivity (Wildman–Crippen MR) is 133 cm³/mol. The molecule has 3 heterocycles. The van der Waals surface area contributed by atoms with Crippen LogP contribution in [0.25, 0.3) is 22.3 Å². The van der Waals surface area contributed by atoms with Gasteiger partial charge < -0.3 is 25.8 Å². The summed E-state index contributed by atoms with van der Waals surface area (Å²) >= 11 is 0. The summed E-state index contributed by atoms with van der Waals surface area (Å²) in [6.45, 7) is 1.38. The average Bonchev–Trinajstić information content (AvgIpc) is 3.29. The zero-order valence-electron chi connectivity index (χ0n) is 19.4. The molecule has 180 valence electrons. The lowest BCUT2D eigenvalue weighted by atomic mass is 10.1. The Morgan fingerprint density at radius 2 is 1.86 bits per heavy atom. The van der Waals surface area contributed by atoms with Gasteiger partial charge in [0.25, 0.3) is 0 Å². The highest BCUT2D eigenvalue weighted by Crippen LogP contribution is 2.36. The maximum atomic E-state index is 12.6. The molecule has 10 heteroatoms. The third kappa shape index (κ3) is 4.42. The fraction of sp³-hybridized carbons (Fsp3) is 0.280. The highest BCUT2D eigenvalue weighted by Gasteiger charge is 2.28. The number of ether oxygens (including phenoxy) is 2. The van der Waals surface area contributed by atoms with E-state index in [1.54, 1.807) is 18.1 Å². The third-order valence-electron chi connectivity index (χ3n) is 6.30. The van der Waals surface area contributed by atoms with E-state index < -0.39 is 0 Å². The standard InChI is InChI=1S/C25H27N7O3/c1-34-20-13-17(7-8-19(20)26)22-21-23(27)28-15-29-24(21)32(30-22)18-9-11-31(12-10-18)25(33)35-14-16-5-3-2-4-6-16/h2-8,13,15,18H,9-12,14,26H2,1H3,(H2,27,28,29). The van der Waals surface area contributed by atoms with Gasteiger partial charge in [-0.05, 0) is 30.5 Å². The molecule has 0 saturated carbocycles. The smallest absolute Gasteiger partial charge is 0.410 e. The quantitative estimate of drug-likeness (QED) is 0.420.